The number of aliphatic hydroxyl groups is 1. The molecule has 1 fully saturated rings. The number of aliphatic hydroxyl groups excluding tert-OH is 1. The molecule has 0 aromatic carbocycles. The van der Waals surface area contributed by atoms with E-state index in [1.54, 1.807) is 11.3 Å². The molecule has 17 heavy (non-hydrogen) atoms. The van der Waals surface area contributed by atoms with Gasteiger partial charge in [0.25, 0.3) is 0 Å². The Labute approximate surface area is 118 Å². The maximum atomic E-state index is 9.53. The molecular formula is C11H15BrClNO2S. The first-order chi connectivity index (χ1) is 8.15. The first kappa shape index (κ1) is 13.8. The molecule has 2 heterocycles. The van der Waals surface area contributed by atoms with Crippen LogP contribution in [0.4, 0.5) is 0 Å². The summed E-state index contributed by atoms with van der Waals surface area (Å²) in [4.78, 5) is 1.17. The fourth-order valence-electron chi connectivity index (χ4n) is 1.91. The van der Waals surface area contributed by atoms with E-state index >= 15 is 0 Å². The Morgan fingerprint density at radius 2 is 2.24 bits per heavy atom. The van der Waals surface area contributed by atoms with E-state index in [1.165, 1.54) is 4.88 Å². The summed E-state index contributed by atoms with van der Waals surface area (Å²) >= 11 is 10.9. The zero-order valence-electron chi connectivity index (χ0n) is 9.34. The van der Waals surface area contributed by atoms with Crippen molar-refractivity contribution in [2.45, 2.75) is 24.9 Å². The van der Waals surface area contributed by atoms with E-state index in [2.05, 4.69) is 21.2 Å². The monoisotopic (exact) mass is 339 g/mol. The Morgan fingerprint density at radius 1 is 1.53 bits per heavy atom. The van der Waals surface area contributed by atoms with Crippen molar-refractivity contribution in [3.8, 4) is 0 Å². The molecular weight excluding hydrogens is 326 g/mol. The number of ether oxygens (including phenoxy) is 1. The highest BCUT2D eigenvalue weighted by Crippen LogP contribution is 2.32. The van der Waals surface area contributed by atoms with Crippen molar-refractivity contribution in [3.63, 3.8) is 0 Å². The highest BCUT2D eigenvalue weighted by atomic mass is 79.9. The van der Waals surface area contributed by atoms with E-state index in [4.69, 9.17) is 16.3 Å². The molecule has 0 radical (unpaired) electrons. The van der Waals surface area contributed by atoms with Crippen LogP contribution < -0.4 is 5.32 Å². The van der Waals surface area contributed by atoms with Crippen LogP contribution in [0.1, 0.15) is 17.7 Å². The molecule has 1 aliphatic rings. The largest absolute Gasteiger partial charge is 0.394 e. The fraction of sp³-hybridized carbons (Fsp3) is 0.636. The Morgan fingerprint density at radius 3 is 2.76 bits per heavy atom. The Kier molecular flexibility index (Phi) is 4.86. The highest BCUT2D eigenvalue weighted by molar-refractivity contribution is 9.10. The summed E-state index contributed by atoms with van der Waals surface area (Å²) in [6.45, 7) is 2.30. The van der Waals surface area contributed by atoms with Crippen LogP contribution in [-0.4, -0.2) is 30.5 Å². The molecule has 0 spiro atoms. The number of rotatable bonds is 4. The minimum Gasteiger partial charge on any atom is -0.394 e. The summed E-state index contributed by atoms with van der Waals surface area (Å²) in [5.74, 6) is 0. The van der Waals surface area contributed by atoms with E-state index < -0.39 is 0 Å². The lowest BCUT2D eigenvalue weighted by Crippen LogP contribution is -2.51. The smallest absolute Gasteiger partial charge is 0.107 e. The summed E-state index contributed by atoms with van der Waals surface area (Å²) in [5.41, 5.74) is -0.193. The van der Waals surface area contributed by atoms with Crippen molar-refractivity contribution in [3.05, 3.63) is 19.8 Å². The molecule has 2 N–H and O–H groups in total. The van der Waals surface area contributed by atoms with Gasteiger partial charge in [-0.3, -0.25) is 0 Å². The van der Waals surface area contributed by atoms with Crippen LogP contribution in [0.3, 0.4) is 0 Å². The van der Waals surface area contributed by atoms with Gasteiger partial charge in [0.15, 0.2) is 0 Å². The van der Waals surface area contributed by atoms with Crippen molar-refractivity contribution >= 4 is 38.9 Å². The van der Waals surface area contributed by atoms with Crippen molar-refractivity contribution < 1.29 is 9.84 Å². The summed E-state index contributed by atoms with van der Waals surface area (Å²) in [5, 5.41) is 13.0. The van der Waals surface area contributed by atoms with Crippen molar-refractivity contribution in [2.75, 3.05) is 19.8 Å². The Bertz CT molecular complexity index is 360. The van der Waals surface area contributed by atoms with E-state index in [1.807, 2.05) is 6.07 Å². The van der Waals surface area contributed by atoms with Crippen LogP contribution in [0, 0.1) is 0 Å². The van der Waals surface area contributed by atoms with Crippen molar-refractivity contribution in [2.24, 2.45) is 0 Å². The molecule has 6 heteroatoms. The average Bonchev–Trinajstić information content (AvgIpc) is 2.68. The fourth-order valence-corrected chi connectivity index (χ4v) is 3.64. The molecule has 1 aliphatic heterocycles. The highest BCUT2D eigenvalue weighted by Gasteiger charge is 2.31. The van der Waals surface area contributed by atoms with Gasteiger partial charge in [-0.15, -0.1) is 11.3 Å². The second-order valence-electron chi connectivity index (χ2n) is 4.24. The topological polar surface area (TPSA) is 41.5 Å². The molecule has 0 bridgehead atoms. The lowest BCUT2D eigenvalue weighted by Gasteiger charge is -2.36. The van der Waals surface area contributed by atoms with Gasteiger partial charge in [0.2, 0.25) is 0 Å². The average molecular weight is 341 g/mol. The van der Waals surface area contributed by atoms with Crippen LogP contribution >= 0.6 is 38.9 Å². The normalized spacial score (nSPS) is 19.5. The summed E-state index contributed by atoms with van der Waals surface area (Å²) in [7, 11) is 0. The minimum atomic E-state index is -0.193. The van der Waals surface area contributed by atoms with Gasteiger partial charge < -0.3 is 15.2 Å². The number of thiophene rings is 1. The number of hydrogen-bond donors (Lipinski definition) is 2. The van der Waals surface area contributed by atoms with E-state index in [0.717, 1.165) is 28.2 Å². The first-order valence-corrected chi connectivity index (χ1v) is 7.51. The van der Waals surface area contributed by atoms with Gasteiger partial charge in [0.1, 0.15) is 4.34 Å². The second-order valence-corrected chi connectivity index (χ2v) is 6.83. The molecule has 1 aromatic rings. The standard InChI is InChI=1S/C11H15BrClNO2S/c12-9-5-8(17-10(9)13)6-14-11(7-15)1-3-16-4-2-11/h5,14-15H,1-4,6-7H2. The molecule has 0 atom stereocenters. The predicted molar refractivity (Wildman–Crippen MR) is 73.7 cm³/mol. The maximum absolute atomic E-state index is 9.53. The van der Waals surface area contributed by atoms with Gasteiger partial charge in [-0.2, -0.15) is 0 Å². The molecule has 0 saturated carbocycles. The van der Waals surface area contributed by atoms with Crippen molar-refractivity contribution in [1.29, 1.82) is 0 Å². The molecule has 0 amide bonds. The zero-order valence-corrected chi connectivity index (χ0v) is 12.5. The number of halogens is 2. The number of nitrogens with one attached hydrogen (secondary N) is 1. The Balaban J connectivity index is 1.95. The minimum absolute atomic E-state index is 0.149. The predicted octanol–water partition coefficient (Wildman–Crippen LogP) is 2.80. The summed E-state index contributed by atoms with van der Waals surface area (Å²) < 4.78 is 7.03. The van der Waals surface area contributed by atoms with Gasteiger partial charge in [-0.1, -0.05) is 11.6 Å². The van der Waals surface area contributed by atoms with Gasteiger partial charge >= 0.3 is 0 Å². The molecule has 96 valence electrons. The molecule has 1 aromatic heterocycles. The van der Waals surface area contributed by atoms with Gasteiger partial charge in [-0.05, 0) is 34.8 Å². The van der Waals surface area contributed by atoms with Gasteiger partial charge in [0, 0.05) is 34.6 Å². The molecule has 0 aliphatic carbocycles. The van der Waals surface area contributed by atoms with Gasteiger partial charge in [-0.25, -0.2) is 0 Å². The van der Waals surface area contributed by atoms with Crippen LogP contribution in [0.2, 0.25) is 4.34 Å². The second kappa shape index (κ2) is 5.99. The summed E-state index contributed by atoms with van der Waals surface area (Å²) in [6.07, 6.45) is 1.70. The number of hydrogen-bond acceptors (Lipinski definition) is 4. The van der Waals surface area contributed by atoms with Crippen LogP contribution in [0.25, 0.3) is 0 Å². The third kappa shape index (κ3) is 3.43. The van der Waals surface area contributed by atoms with Crippen molar-refractivity contribution in [1.82, 2.24) is 5.32 Å². The SMILES string of the molecule is OCC1(NCc2cc(Br)c(Cl)s2)CCOCC1. The lowest BCUT2D eigenvalue weighted by molar-refractivity contribution is 0.0113. The van der Waals surface area contributed by atoms with Crippen LogP contribution in [0.15, 0.2) is 10.5 Å². The Hall–Kier alpha value is 0.350. The van der Waals surface area contributed by atoms with E-state index in [9.17, 15) is 5.11 Å². The van der Waals surface area contributed by atoms with E-state index in [-0.39, 0.29) is 12.1 Å². The van der Waals surface area contributed by atoms with E-state index in [0.29, 0.717) is 13.2 Å². The molecule has 3 nitrogen and oxygen atoms in total. The van der Waals surface area contributed by atoms with Crippen LogP contribution in [-0.2, 0) is 11.3 Å². The third-order valence-corrected chi connectivity index (χ3v) is 5.56. The zero-order chi connectivity index (χ0) is 12.3. The molecule has 1 saturated heterocycles. The van der Waals surface area contributed by atoms with Crippen LogP contribution in [0.5, 0.6) is 0 Å². The summed E-state index contributed by atoms with van der Waals surface area (Å²) in [6, 6.07) is 2.02. The lowest BCUT2D eigenvalue weighted by atomic mass is 9.91. The molecule has 0 unspecified atom stereocenters. The van der Waals surface area contributed by atoms with Gasteiger partial charge in [0.05, 0.1) is 6.61 Å². The first-order valence-electron chi connectivity index (χ1n) is 5.52. The quantitative estimate of drug-likeness (QED) is 0.885. The molecule has 2 rings (SSSR count). The maximum Gasteiger partial charge on any atom is 0.107 e. The third-order valence-electron chi connectivity index (χ3n) is 3.09.